The van der Waals surface area contributed by atoms with Crippen LogP contribution < -0.4 is 0 Å². The van der Waals surface area contributed by atoms with E-state index < -0.39 is 5.60 Å². The van der Waals surface area contributed by atoms with E-state index in [0.29, 0.717) is 11.1 Å². The second kappa shape index (κ2) is 5.33. The number of aldehydes is 1. The summed E-state index contributed by atoms with van der Waals surface area (Å²) in [7, 11) is 0. The summed E-state index contributed by atoms with van der Waals surface area (Å²) >= 11 is 0. The number of carbonyl (C=O) groups excluding carboxylic acids is 1. The molecular formula is C20H16N2O2. The SMILES string of the molecule is N#Cc1cc2[nH]cc(C=O)c2cc1-c1ccc(C2(O)CCC2)cc1. The van der Waals surface area contributed by atoms with Gasteiger partial charge in [0.05, 0.1) is 17.2 Å². The van der Waals surface area contributed by atoms with E-state index in [2.05, 4.69) is 11.1 Å². The summed E-state index contributed by atoms with van der Waals surface area (Å²) < 4.78 is 0. The van der Waals surface area contributed by atoms with Gasteiger partial charge >= 0.3 is 0 Å². The van der Waals surface area contributed by atoms with Gasteiger partial charge in [-0.3, -0.25) is 4.79 Å². The summed E-state index contributed by atoms with van der Waals surface area (Å²) in [6, 6.07) is 13.6. The van der Waals surface area contributed by atoms with Crippen molar-refractivity contribution < 1.29 is 9.90 Å². The fourth-order valence-electron chi connectivity index (χ4n) is 3.38. The molecule has 1 aliphatic carbocycles. The average Bonchev–Trinajstić information content (AvgIpc) is 3.00. The van der Waals surface area contributed by atoms with Gasteiger partial charge in [0.15, 0.2) is 6.29 Å². The lowest BCUT2D eigenvalue weighted by Crippen LogP contribution is -2.33. The van der Waals surface area contributed by atoms with Gasteiger partial charge in [-0.05, 0) is 42.5 Å². The number of hydrogen-bond acceptors (Lipinski definition) is 3. The lowest BCUT2D eigenvalue weighted by Gasteiger charge is -2.37. The van der Waals surface area contributed by atoms with E-state index in [-0.39, 0.29) is 0 Å². The third-order valence-electron chi connectivity index (χ3n) is 5.01. The Labute approximate surface area is 139 Å². The monoisotopic (exact) mass is 316 g/mol. The molecule has 1 aliphatic rings. The molecular weight excluding hydrogens is 300 g/mol. The van der Waals surface area contributed by atoms with Gasteiger partial charge < -0.3 is 10.1 Å². The topological polar surface area (TPSA) is 76.9 Å². The number of H-pyrrole nitrogens is 1. The summed E-state index contributed by atoms with van der Waals surface area (Å²) in [5, 5.41) is 20.7. The van der Waals surface area contributed by atoms with Gasteiger partial charge in [0.2, 0.25) is 0 Å². The summed E-state index contributed by atoms with van der Waals surface area (Å²) in [6.45, 7) is 0. The molecule has 1 fully saturated rings. The Bertz CT molecular complexity index is 973. The Morgan fingerprint density at radius 2 is 1.96 bits per heavy atom. The molecule has 0 unspecified atom stereocenters. The maximum Gasteiger partial charge on any atom is 0.152 e. The van der Waals surface area contributed by atoms with Crippen LogP contribution in [0.5, 0.6) is 0 Å². The van der Waals surface area contributed by atoms with Gasteiger partial charge in [-0.1, -0.05) is 24.3 Å². The summed E-state index contributed by atoms with van der Waals surface area (Å²) in [5.74, 6) is 0. The first-order valence-corrected chi connectivity index (χ1v) is 7.98. The number of nitrogens with one attached hydrogen (secondary N) is 1. The Morgan fingerprint density at radius 1 is 1.21 bits per heavy atom. The standard InChI is InChI=1S/C20H16N2O2/c21-10-14-8-19-18(15(12-23)11-22-19)9-17(14)13-2-4-16(5-3-13)20(24)6-1-7-20/h2-5,8-9,11-12,22,24H,1,6-7H2. The van der Waals surface area contributed by atoms with Crippen molar-refractivity contribution in [3.63, 3.8) is 0 Å². The fourth-order valence-corrected chi connectivity index (χ4v) is 3.38. The lowest BCUT2D eigenvalue weighted by molar-refractivity contribution is -0.0387. The Morgan fingerprint density at radius 3 is 2.54 bits per heavy atom. The molecule has 0 bridgehead atoms. The molecule has 1 saturated carbocycles. The van der Waals surface area contributed by atoms with E-state index in [1.807, 2.05) is 30.3 Å². The zero-order chi connectivity index (χ0) is 16.7. The van der Waals surface area contributed by atoms with Crippen LogP contribution >= 0.6 is 0 Å². The third kappa shape index (κ3) is 2.14. The molecule has 4 heteroatoms. The van der Waals surface area contributed by atoms with Crippen molar-refractivity contribution in [2.24, 2.45) is 0 Å². The highest BCUT2D eigenvalue weighted by molar-refractivity contribution is 6.00. The third-order valence-corrected chi connectivity index (χ3v) is 5.01. The van der Waals surface area contributed by atoms with Crippen molar-refractivity contribution in [2.45, 2.75) is 24.9 Å². The zero-order valence-electron chi connectivity index (χ0n) is 13.0. The van der Waals surface area contributed by atoms with Gasteiger partial charge in [0.25, 0.3) is 0 Å². The molecule has 4 rings (SSSR count). The van der Waals surface area contributed by atoms with Gasteiger partial charge in [0, 0.05) is 28.2 Å². The number of nitrogens with zero attached hydrogens (tertiary/aromatic N) is 1. The Kier molecular flexibility index (Phi) is 3.26. The van der Waals surface area contributed by atoms with E-state index in [0.717, 1.165) is 53.1 Å². The first-order chi connectivity index (χ1) is 11.6. The Balaban J connectivity index is 1.83. The van der Waals surface area contributed by atoms with E-state index >= 15 is 0 Å². The number of carbonyl (C=O) groups is 1. The number of aliphatic hydroxyl groups is 1. The van der Waals surface area contributed by atoms with Crippen LogP contribution in [0, 0.1) is 11.3 Å². The number of rotatable bonds is 3. The van der Waals surface area contributed by atoms with Gasteiger partial charge in [-0.25, -0.2) is 0 Å². The van der Waals surface area contributed by atoms with E-state index in [9.17, 15) is 15.2 Å². The summed E-state index contributed by atoms with van der Waals surface area (Å²) in [4.78, 5) is 14.2. The molecule has 0 spiro atoms. The fraction of sp³-hybridized carbons (Fsp3) is 0.200. The van der Waals surface area contributed by atoms with Crippen LogP contribution in [0.15, 0.2) is 42.6 Å². The van der Waals surface area contributed by atoms with Crippen LogP contribution in [-0.4, -0.2) is 16.4 Å². The number of aromatic nitrogens is 1. The van der Waals surface area contributed by atoms with E-state index in [1.165, 1.54) is 0 Å². The van der Waals surface area contributed by atoms with Crippen LogP contribution in [0.4, 0.5) is 0 Å². The smallest absolute Gasteiger partial charge is 0.152 e. The van der Waals surface area contributed by atoms with Crippen LogP contribution in [0.2, 0.25) is 0 Å². The minimum absolute atomic E-state index is 0.553. The highest BCUT2D eigenvalue weighted by Gasteiger charge is 2.35. The quantitative estimate of drug-likeness (QED) is 0.720. The molecule has 0 saturated heterocycles. The molecule has 1 aromatic heterocycles. The first-order valence-electron chi connectivity index (χ1n) is 7.98. The minimum Gasteiger partial charge on any atom is -0.385 e. The molecule has 2 aromatic carbocycles. The van der Waals surface area contributed by atoms with Crippen molar-refractivity contribution in [3.8, 4) is 17.2 Å². The number of fused-ring (bicyclic) bond motifs is 1. The molecule has 0 atom stereocenters. The van der Waals surface area contributed by atoms with Crippen molar-refractivity contribution in [1.29, 1.82) is 5.26 Å². The predicted octanol–water partition coefficient (Wildman–Crippen LogP) is 3.89. The minimum atomic E-state index is -0.689. The van der Waals surface area contributed by atoms with Crippen molar-refractivity contribution in [1.82, 2.24) is 4.98 Å². The second-order valence-electron chi connectivity index (χ2n) is 6.38. The Hall–Kier alpha value is -2.90. The lowest BCUT2D eigenvalue weighted by atomic mass is 9.75. The van der Waals surface area contributed by atoms with E-state index in [1.54, 1.807) is 12.3 Å². The van der Waals surface area contributed by atoms with Gasteiger partial charge in [0.1, 0.15) is 0 Å². The normalized spacial score (nSPS) is 15.7. The summed E-state index contributed by atoms with van der Waals surface area (Å²) in [5.41, 5.74) is 3.84. The predicted molar refractivity (Wildman–Crippen MR) is 91.6 cm³/mol. The average molecular weight is 316 g/mol. The molecule has 3 aromatic rings. The van der Waals surface area contributed by atoms with Crippen LogP contribution in [0.1, 0.15) is 40.7 Å². The maximum absolute atomic E-state index is 11.2. The molecule has 1 heterocycles. The van der Waals surface area contributed by atoms with Crippen LogP contribution in [0.25, 0.3) is 22.0 Å². The highest BCUT2D eigenvalue weighted by atomic mass is 16.3. The number of benzene rings is 2. The van der Waals surface area contributed by atoms with Crippen LogP contribution in [-0.2, 0) is 5.60 Å². The molecule has 24 heavy (non-hydrogen) atoms. The molecule has 0 radical (unpaired) electrons. The van der Waals surface area contributed by atoms with E-state index in [4.69, 9.17) is 0 Å². The van der Waals surface area contributed by atoms with Crippen molar-refractivity contribution in [2.75, 3.05) is 0 Å². The van der Waals surface area contributed by atoms with Crippen molar-refractivity contribution >= 4 is 17.2 Å². The number of hydrogen-bond donors (Lipinski definition) is 2. The van der Waals surface area contributed by atoms with Crippen molar-refractivity contribution in [3.05, 3.63) is 59.3 Å². The molecule has 0 amide bonds. The number of aromatic amines is 1. The zero-order valence-corrected chi connectivity index (χ0v) is 13.0. The second-order valence-corrected chi connectivity index (χ2v) is 6.38. The molecule has 2 N–H and O–H groups in total. The van der Waals surface area contributed by atoms with Gasteiger partial charge in [-0.2, -0.15) is 5.26 Å². The van der Waals surface area contributed by atoms with Gasteiger partial charge in [-0.15, -0.1) is 0 Å². The molecule has 4 nitrogen and oxygen atoms in total. The molecule has 118 valence electrons. The highest BCUT2D eigenvalue weighted by Crippen LogP contribution is 2.41. The molecule has 0 aliphatic heterocycles. The number of nitriles is 1. The first kappa shape index (κ1) is 14.7. The van der Waals surface area contributed by atoms with Crippen LogP contribution in [0.3, 0.4) is 0 Å². The largest absolute Gasteiger partial charge is 0.385 e. The maximum atomic E-state index is 11.2. The summed E-state index contributed by atoms with van der Waals surface area (Å²) in [6.07, 6.45) is 5.11.